The molecule has 0 bridgehead atoms. The summed E-state index contributed by atoms with van der Waals surface area (Å²) in [6, 6.07) is 5.17. The molecule has 0 spiro atoms. The summed E-state index contributed by atoms with van der Waals surface area (Å²) in [5, 5.41) is 20.5. The van der Waals surface area contributed by atoms with Gasteiger partial charge in [-0.25, -0.2) is 9.48 Å². The van der Waals surface area contributed by atoms with Crippen LogP contribution in [-0.2, 0) is 17.8 Å². The lowest BCUT2D eigenvalue weighted by molar-refractivity contribution is 0.0696. The van der Waals surface area contributed by atoms with Crippen molar-refractivity contribution in [1.29, 1.82) is 0 Å². The molecule has 1 atom stereocenters. The van der Waals surface area contributed by atoms with Crippen molar-refractivity contribution in [3.63, 3.8) is 0 Å². The van der Waals surface area contributed by atoms with E-state index in [1.165, 1.54) is 0 Å². The summed E-state index contributed by atoms with van der Waals surface area (Å²) >= 11 is 0. The maximum absolute atomic E-state index is 11.1. The predicted octanol–water partition coefficient (Wildman–Crippen LogP) is 2.08. The molecule has 1 aliphatic rings. The molecule has 0 radical (unpaired) electrons. The van der Waals surface area contributed by atoms with E-state index in [9.17, 15) is 4.79 Å². The number of aromatic nitrogens is 3. The Bertz CT molecular complexity index is 692. The number of ether oxygens (including phenoxy) is 1. The quantitative estimate of drug-likeness (QED) is 0.848. The highest BCUT2D eigenvalue weighted by Gasteiger charge is 2.16. The van der Waals surface area contributed by atoms with E-state index in [0.29, 0.717) is 6.54 Å². The summed E-state index contributed by atoms with van der Waals surface area (Å²) in [5.41, 5.74) is 2.74. The Hall–Kier alpha value is -2.41. The van der Waals surface area contributed by atoms with Gasteiger partial charge in [0.2, 0.25) is 0 Å². The van der Waals surface area contributed by atoms with Crippen molar-refractivity contribution in [1.82, 2.24) is 15.0 Å². The van der Waals surface area contributed by atoms with Crippen LogP contribution in [0.5, 0.6) is 0 Å². The van der Waals surface area contributed by atoms with Gasteiger partial charge in [-0.3, -0.25) is 0 Å². The Labute approximate surface area is 134 Å². The fourth-order valence-corrected chi connectivity index (χ4v) is 2.71. The largest absolute Gasteiger partial charge is 0.478 e. The van der Waals surface area contributed by atoms with E-state index in [0.717, 1.165) is 42.9 Å². The first-order chi connectivity index (χ1) is 11.1. The molecule has 0 amide bonds. The smallest absolute Gasteiger partial charge is 0.335 e. The Kier molecular flexibility index (Phi) is 4.57. The monoisotopic (exact) mass is 316 g/mol. The Morgan fingerprint density at radius 2 is 2.35 bits per heavy atom. The molecular weight excluding hydrogens is 296 g/mol. The Morgan fingerprint density at radius 1 is 1.48 bits per heavy atom. The van der Waals surface area contributed by atoms with Crippen LogP contribution in [-0.4, -0.2) is 38.8 Å². The van der Waals surface area contributed by atoms with E-state index >= 15 is 0 Å². The van der Waals surface area contributed by atoms with Crippen LogP contribution in [0.25, 0.3) is 0 Å². The molecule has 1 fully saturated rings. The highest BCUT2D eigenvalue weighted by Crippen LogP contribution is 2.16. The summed E-state index contributed by atoms with van der Waals surface area (Å²) in [7, 11) is 0. The van der Waals surface area contributed by atoms with Crippen molar-refractivity contribution >= 4 is 11.7 Å². The van der Waals surface area contributed by atoms with Crippen molar-refractivity contribution in [2.75, 3.05) is 11.9 Å². The number of anilines is 1. The van der Waals surface area contributed by atoms with Gasteiger partial charge in [-0.2, -0.15) is 0 Å². The lowest BCUT2D eigenvalue weighted by Crippen LogP contribution is -2.15. The molecular formula is C16H20N4O3. The Morgan fingerprint density at radius 3 is 3.09 bits per heavy atom. The fourth-order valence-electron chi connectivity index (χ4n) is 2.71. The van der Waals surface area contributed by atoms with E-state index in [1.54, 1.807) is 16.8 Å². The van der Waals surface area contributed by atoms with Crippen molar-refractivity contribution < 1.29 is 14.6 Å². The average Bonchev–Trinajstić information content (AvgIpc) is 3.17. The van der Waals surface area contributed by atoms with Crippen LogP contribution in [0.15, 0.2) is 24.4 Å². The fraction of sp³-hybridized carbons (Fsp3) is 0.438. The van der Waals surface area contributed by atoms with Gasteiger partial charge in [0.05, 0.1) is 31.0 Å². The molecule has 0 saturated carbocycles. The van der Waals surface area contributed by atoms with Gasteiger partial charge in [-0.15, -0.1) is 5.10 Å². The van der Waals surface area contributed by atoms with Gasteiger partial charge >= 0.3 is 5.97 Å². The van der Waals surface area contributed by atoms with Crippen molar-refractivity contribution in [3.8, 4) is 0 Å². The number of aryl methyl sites for hydroxylation is 1. The number of aromatic carboxylic acids is 1. The minimum Gasteiger partial charge on any atom is -0.478 e. The third-order valence-electron chi connectivity index (χ3n) is 3.80. The van der Waals surface area contributed by atoms with Gasteiger partial charge in [-0.1, -0.05) is 5.21 Å². The van der Waals surface area contributed by atoms with Gasteiger partial charge in [-0.05, 0) is 43.5 Å². The highest BCUT2D eigenvalue weighted by molar-refractivity contribution is 5.89. The molecule has 2 aromatic rings. The van der Waals surface area contributed by atoms with Gasteiger partial charge in [0, 0.05) is 12.3 Å². The molecule has 23 heavy (non-hydrogen) atoms. The van der Waals surface area contributed by atoms with Crippen molar-refractivity contribution in [2.24, 2.45) is 0 Å². The number of hydrogen-bond acceptors (Lipinski definition) is 5. The van der Waals surface area contributed by atoms with Gasteiger partial charge in [0.15, 0.2) is 0 Å². The molecule has 1 unspecified atom stereocenters. The highest BCUT2D eigenvalue weighted by atomic mass is 16.5. The molecule has 7 heteroatoms. The number of hydrogen-bond donors (Lipinski definition) is 2. The first kappa shape index (κ1) is 15.5. The minimum absolute atomic E-state index is 0.229. The second-order valence-corrected chi connectivity index (χ2v) is 5.81. The van der Waals surface area contributed by atoms with E-state index in [4.69, 9.17) is 9.84 Å². The molecule has 122 valence electrons. The van der Waals surface area contributed by atoms with Crippen LogP contribution < -0.4 is 5.32 Å². The normalized spacial score (nSPS) is 17.3. The lowest BCUT2D eigenvalue weighted by atomic mass is 10.1. The topological polar surface area (TPSA) is 89.3 Å². The lowest BCUT2D eigenvalue weighted by Gasteiger charge is -2.08. The predicted molar refractivity (Wildman–Crippen MR) is 84.5 cm³/mol. The summed E-state index contributed by atoms with van der Waals surface area (Å²) < 4.78 is 7.38. The molecule has 1 aromatic carbocycles. The second-order valence-electron chi connectivity index (χ2n) is 5.81. The molecule has 1 aromatic heterocycles. The van der Waals surface area contributed by atoms with Crippen LogP contribution in [0.2, 0.25) is 0 Å². The van der Waals surface area contributed by atoms with Crippen LogP contribution in [0.1, 0.15) is 34.5 Å². The zero-order chi connectivity index (χ0) is 16.2. The Balaban J connectivity index is 1.60. The van der Waals surface area contributed by atoms with Crippen LogP contribution >= 0.6 is 0 Å². The minimum atomic E-state index is -0.931. The molecule has 1 aliphatic heterocycles. The summed E-state index contributed by atoms with van der Waals surface area (Å²) in [4.78, 5) is 11.1. The first-order valence-corrected chi connectivity index (χ1v) is 7.69. The van der Waals surface area contributed by atoms with E-state index in [1.807, 2.05) is 19.2 Å². The zero-order valence-electron chi connectivity index (χ0n) is 13.0. The molecule has 2 heterocycles. The standard InChI is InChI=1S/C16H20N4O3/c1-11-5-12(16(21)22)7-13(6-11)17-8-14-9-20(19-18-14)10-15-3-2-4-23-15/h5-7,9,15,17H,2-4,8,10H2,1H3,(H,21,22). The van der Waals surface area contributed by atoms with Crippen LogP contribution in [0.4, 0.5) is 5.69 Å². The van der Waals surface area contributed by atoms with Crippen molar-refractivity contribution in [3.05, 3.63) is 41.2 Å². The van der Waals surface area contributed by atoms with Gasteiger partial charge in [0.25, 0.3) is 0 Å². The second kappa shape index (κ2) is 6.78. The van der Waals surface area contributed by atoms with E-state index in [2.05, 4.69) is 15.6 Å². The SMILES string of the molecule is Cc1cc(NCc2cn(CC3CCCO3)nn2)cc(C(=O)O)c1. The third kappa shape index (κ3) is 4.07. The van der Waals surface area contributed by atoms with Crippen LogP contribution in [0.3, 0.4) is 0 Å². The number of nitrogens with zero attached hydrogens (tertiary/aromatic N) is 3. The van der Waals surface area contributed by atoms with E-state index < -0.39 is 5.97 Å². The van der Waals surface area contributed by atoms with Crippen LogP contribution in [0, 0.1) is 6.92 Å². The average molecular weight is 316 g/mol. The van der Waals surface area contributed by atoms with E-state index in [-0.39, 0.29) is 11.7 Å². The molecule has 2 N–H and O–H groups in total. The number of carbonyl (C=O) groups is 1. The number of carboxylic acid groups (broad SMARTS) is 1. The summed E-state index contributed by atoms with van der Waals surface area (Å²) in [6.45, 7) is 3.91. The summed E-state index contributed by atoms with van der Waals surface area (Å²) in [5.74, 6) is -0.931. The molecule has 3 rings (SSSR count). The number of carboxylic acids is 1. The number of rotatable bonds is 6. The van der Waals surface area contributed by atoms with Gasteiger partial charge in [0.1, 0.15) is 5.69 Å². The summed E-state index contributed by atoms with van der Waals surface area (Å²) in [6.07, 6.45) is 4.29. The zero-order valence-corrected chi connectivity index (χ0v) is 13.0. The molecule has 0 aliphatic carbocycles. The molecule has 7 nitrogen and oxygen atoms in total. The first-order valence-electron chi connectivity index (χ1n) is 7.69. The number of benzene rings is 1. The molecule has 1 saturated heterocycles. The maximum Gasteiger partial charge on any atom is 0.335 e. The maximum atomic E-state index is 11.1. The third-order valence-corrected chi connectivity index (χ3v) is 3.80. The number of nitrogens with one attached hydrogen (secondary N) is 1. The van der Waals surface area contributed by atoms with Gasteiger partial charge < -0.3 is 15.2 Å². The van der Waals surface area contributed by atoms with Crippen molar-refractivity contribution in [2.45, 2.75) is 39.0 Å².